The van der Waals surface area contributed by atoms with Crippen LogP contribution in [0.3, 0.4) is 0 Å². The Labute approximate surface area is 74.8 Å². The second-order valence-electron chi connectivity index (χ2n) is 3.78. The van der Waals surface area contributed by atoms with Crippen molar-refractivity contribution in [2.75, 3.05) is 0 Å². The Kier molecular flexibility index (Phi) is 3.54. The van der Waals surface area contributed by atoms with E-state index in [4.69, 9.17) is 0 Å². The summed E-state index contributed by atoms with van der Waals surface area (Å²) < 4.78 is 0. The largest absolute Gasteiger partial charge is 0.389 e. The first-order chi connectivity index (χ1) is 5.70. The van der Waals surface area contributed by atoms with Crippen LogP contribution in [0.5, 0.6) is 0 Å². The van der Waals surface area contributed by atoms with Gasteiger partial charge in [-0.15, -0.1) is 0 Å². The third-order valence-electron chi connectivity index (χ3n) is 2.30. The maximum atomic E-state index is 9.73. The van der Waals surface area contributed by atoms with E-state index < -0.39 is 0 Å². The molecule has 0 aromatic rings. The van der Waals surface area contributed by atoms with E-state index in [2.05, 4.69) is 12.2 Å². The van der Waals surface area contributed by atoms with Crippen molar-refractivity contribution in [3.63, 3.8) is 0 Å². The molecule has 1 N–H and O–H groups in total. The Balaban J connectivity index is 2.46. The van der Waals surface area contributed by atoms with Gasteiger partial charge in [0.05, 0.1) is 6.10 Å². The smallest absolute Gasteiger partial charge is 0.0754 e. The fourth-order valence-corrected chi connectivity index (χ4v) is 1.60. The summed E-state index contributed by atoms with van der Waals surface area (Å²) >= 11 is 0. The molecule has 2 unspecified atom stereocenters. The molecule has 1 aliphatic carbocycles. The van der Waals surface area contributed by atoms with Crippen LogP contribution in [0.1, 0.15) is 33.1 Å². The van der Waals surface area contributed by atoms with E-state index in [0.717, 1.165) is 19.3 Å². The van der Waals surface area contributed by atoms with E-state index in [-0.39, 0.29) is 6.10 Å². The second kappa shape index (κ2) is 4.46. The van der Waals surface area contributed by atoms with Crippen molar-refractivity contribution in [2.45, 2.75) is 39.2 Å². The van der Waals surface area contributed by atoms with Crippen molar-refractivity contribution in [3.05, 3.63) is 23.8 Å². The summed E-state index contributed by atoms with van der Waals surface area (Å²) in [5, 5.41) is 9.73. The van der Waals surface area contributed by atoms with Crippen LogP contribution >= 0.6 is 0 Å². The summed E-state index contributed by atoms with van der Waals surface area (Å²) in [7, 11) is 0. The van der Waals surface area contributed by atoms with Crippen molar-refractivity contribution in [2.24, 2.45) is 5.92 Å². The lowest BCUT2D eigenvalue weighted by Crippen LogP contribution is -2.19. The van der Waals surface area contributed by atoms with E-state index in [1.807, 2.05) is 19.9 Å². The molecule has 0 bridgehead atoms. The quantitative estimate of drug-likeness (QED) is 0.625. The molecule has 2 atom stereocenters. The maximum absolute atomic E-state index is 9.73. The zero-order valence-corrected chi connectivity index (χ0v) is 7.96. The van der Waals surface area contributed by atoms with Gasteiger partial charge in [-0.1, -0.05) is 23.8 Å². The van der Waals surface area contributed by atoms with E-state index >= 15 is 0 Å². The molecule has 0 aromatic heterocycles. The van der Waals surface area contributed by atoms with Crippen molar-refractivity contribution >= 4 is 0 Å². The van der Waals surface area contributed by atoms with Crippen LogP contribution in [0.4, 0.5) is 0 Å². The second-order valence-corrected chi connectivity index (χ2v) is 3.78. The molecule has 0 radical (unpaired) electrons. The Morgan fingerprint density at radius 1 is 1.50 bits per heavy atom. The van der Waals surface area contributed by atoms with Gasteiger partial charge in [0.1, 0.15) is 0 Å². The molecule has 0 fully saturated rings. The highest BCUT2D eigenvalue weighted by Crippen LogP contribution is 2.22. The van der Waals surface area contributed by atoms with Gasteiger partial charge in [0.25, 0.3) is 0 Å². The normalized spacial score (nSPS) is 25.1. The van der Waals surface area contributed by atoms with E-state index in [1.165, 1.54) is 5.57 Å². The van der Waals surface area contributed by atoms with Gasteiger partial charge < -0.3 is 5.11 Å². The first-order valence-corrected chi connectivity index (χ1v) is 4.68. The Hall–Kier alpha value is -0.560. The molecular weight excluding hydrogens is 148 g/mol. The molecule has 1 aliphatic rings. The van der Waals surface area contributed by atoms with E-state index in [9.17, 15) is 5.11 Å². The van der Waals surface area contributed by atoms with Gasteiger partial charge in [-0.2, -0.15) is 0 Å². The van der Waals surface area contributed by atoms with E-state index in [1.54, 1.807) is 0 Å². The highest BCUT2D eigenvalue weighted by molar-refractivity contribution is 5.03. The fraction of sp³-hybridized carbons (Fsp3) is 0.636. The van der Waals surface area contributed by atoms with Crippen molar-refractivity contribution in [1.29, 1.82) is 0 Å². The van der Waals surface area contributed by atoms with Gasteiger partial charge in [-0.3, -0.25) is 0 Å². The third kappa shape index (κ3) is 2.82. The van der Waals surface area contributed by atoms with Gasteiger partial charge >= 0.3 is 0 Å². The van der Waals surface area contributed by atoms with Crippen molar-refractivity contribution in [3.8, 4) is 0 Å². The number of aliphatic hydroxyl groups is 1. The molecule has 0 saturated heterocycles. The van der Waals surface area contributed by atoms with Gasteiger partial charge in [0.15, 0.2) is 0 Å². The monoisotopic (exact) mass is 166 g/mol. The molecule has 0 aliphatic heterocycles. The van der Waals surface area contributed by atoms with Crippen molar-refractivity contribution < 1.29 is 5.11 Å². The summed E-state index contributed by atoms with van der Waals surface area (Å²) in [4.78, 5) is 0. The minimum absolute atomic E-state index is 0.236. The molecule has 0 heterocycles. The van der Waals surface area contributed by atoms with Crippen LogP contribution in [0.15, 0.2) is 23.8 Å². The predicted molar refractivity (Wildman–Crippen MR) is 51.9 cm³/mol. The minimum Gasteiger partial charge on any atom is -0.389 e. The van der Waals surface area contributed by atoms with Crippen LogP contribution in [0.25, 0.3) is 0 Å². The minimum atomic E-state index is -0.236. The van der Waals surface area contributed by atoms with Gasteiger partial charge in [0.2, 0.25) is 0 Å². The molecule has 68 valence electrons. The van der Waals surface area contributed by atoms with Gasteiger partial charge in [0, 0.05) is 0 Å². The van der Waals surface area contributed by atoms with Crippen LogP contribution in [0, 0.1) is 5.92 Å². The lowest BCUT2D eigenvalue weighted by atomic mass is 9.89. The zero-order chi connectivity index (χ0) is 8.97. The lowest BCUT2D eigenvalue weighted by Gasteiger charge is -2.21. The molecule has 1 heteroatoms. The molecule has 12 heavy (non-hydrogen) atoms. The van der Waals surface area contributed by atoms with Crippen LogP contribution in [-0.2, 0) is 0 Å². The van der Waals surface area contributed by atoms with E-state index in [0.29, 0.717) is 5.92 Å². The summed E-state index contributed by atoms with van der Waals surface area (Å²) in [6, 6.07) is 0. The number of aliphatic hydroxyl groups excluding tert-OH is 1. The molecule has 0 spiro atoms. The van der Waals surface area contributed by atoms with Gasteiger partial charge in [-0.05, 0) is 39.0 Å². The highest BCUT2D eigenvalue weighted by atomic mass is 16.3. The number of rotatable bonds is 2. The van der Waals surface area contributed by atoms with Crippen LogP contribution in [-0.4, -0.2) is 11.2 Å². The molecule has 1 nitrogen and oxygen atoms in total. The first-order valence-electron chi connectivity index (χ1n) is 4.68. The number of hydrogen-bond acceptors (Lipinski definition) is 1. The third-order valence-corrected chi connectivity index (χ3v) is 2.30. The summed E-state index contributed by atoms with van der Waals surface area (Å²) in [5.74, 6) is 0.449. The topological polar surface area (TPSA) is 20.2 Å². The lowest BCUT2D eigenvalue weighted by molar-refractivity contribution is 0.145. The summed E-state index contributed by atoms with van der Waals surface area (Å²) in [5.41, 5.74) is 1.21. The molecule has 0 saturated carbocycles. The van der Waals surface area contributed by atoms with Crippen molar-refractivity contribution in [1.82, 2.24) is 0 Å². The highest BCUT2D eigenvalue weighted by Gasteiger charge is 2.16. The molecular formula is C11H18O. The maximum Gasteiger partial charge on any atom is 0.0754 e. The Bertz CT molecular complexity index is 187. The fourth-order valence-electron chi connectivity index (χ4n) is 1.60. The molecule has 1 rings (SSSR count). The summed E-state index contributed by atoms with van der Waals surface area (Å²) in [6.45, 7) is 4.06. The van der Waals surface area contributed by atoms with Gasteiger partial charge in [-0.25, -0.2) is 0 Å². The SMILES string of the molecule is CC(C)=CC(O)C1CC=CCC1. The molecule has 0 aromatic carbocycles. The zero-order valence-electron chi connectivity index (χ0n) is 7.96. The number of hydrogen-bond donors (Lipinski definition) is 1. The average molecular weight is 166 g/mol. The van der Waals surface area contributed by atoms with Crippen LogP contribution < -0.4 is 0 Å². The molecule has 0 amide bonds. The predicted octanol–water partition coefficient (Wildman–Crippen LogP) is 2.67. The summed E-state index contributed by atoms with van der Waals surface area (Å²) in [6.07, 6.45) is 9.39. The van der Waals surface area contributed by atoms with Crippen LogP contribution in [0.2, 0.25) is 0 Å². The Morgan fingerprint density at radius 2 is 2.25 bits per heavy atom. The Morgan fingerprint density at radius 3 is 2.75 bits per heavy atom. The first kappa shape index (κ1) is 9.53. The average Bonchev–Trinajstić information content (AvgIpc) is 2.05. The standard InChI is InChI=1S/C11H18O/c1-9(2)8-11(12)10-6-4-3-5-7-10/h3-4,8,10-12H,5-7H2,1-2H3. The number of allylic oxidation sites excluding steroid dienone is 3.